The second-order valence-corrected chi connectivity index (χ2v) is 3.42. The molecule has 14 heavy (non-hydrogen) atoms. The Morgan fingerprint density at radius 2 is 2.00 bits per heavy atom. The fourth-order valence-electron chi connectivity index (χ4n) is 1.33. The van der Waals surface area contributed by atoms with E-state index in [1.54, 1.807) is 0 Å². The van der Waals surface area contributed by atoms with Crippen molar-refractivity contribution in [2.24, 2.45) is 0 Å². The molecule has 0 unspecified atom stereocenters. The van der Waals surface area contributed by atoms with Crippen molar-refractivity contribution in [1.82, 2.24) is 14.8 Å². The fraction of sp³-hybridized carbons (Fsp3) is 0.778. The molecule has 80 valence electrons. The van der Waals surface area contributed by atoms with Crippen molar-refractivity contribution in [2.45, 2.75) is 32.1 Å². The number of alkyl halides is 1. The molecule has 0 bridgehead atoms. The van der Waals surface area contributed by atoms with E-state index >= 15 is 0 Å². The molecule has 0 atom stereocenters. The summed E-state index contributed by atoms with van der Waals surface area (Å²) in [6.45, 7) is 6.48. The molecule has 1 aromatic heterocycles. The summed E-state index contributed by atoms with van der Waals surface area (Å²) in [6, 6.07) is 0. The first kappa shape index (κ1) is 11.7. The number of ether oxygens (including phenoxy) is 1. The first-order valence-corrected chi connectivity index (χ1v) is 6.00. The van der Waals surface area contributed by atoms with Gasteiger partial charge in [0.05, 0.1) is 11.9 Å². The van der Waals surface area contributed by atoms with Gasteiger partial charge in [0.2, 0.25) is 0 Å². The largest absolute Gasteiger partial charge is 0.381 e. The van der Waals surface area contributed by atoms with E-state index in [2.05, 4.69) is 37.6 Å². The van der Waals surface area contributed by atoms with Crippen molar-refractivity contribution in [2.75, 3.05) is 13.2 Å². The Kier molecular flexibility index (Phi) is 5.11. The zero-order valence-electron chi connectivity index (χ0n) is 8.66. The number of aromatic nitrogens is 3. The van der Waals surface area contributed by atoms with Gasteiger partial charge in [0.15, 0.2) is 0 Å². The molecule has 4 nitrogen and oxygen atoms in total. The number of nitrogens with zero attached hydrogens (tertiary/aromatic N) is 3. The highest BCUT2D eigenvalue weighted by Crippen LogP contribution is 2.06. The van der Waals surface area contributed by atoms with Crippen molar-refractivity contribution in [3.05, 3.63) is 11.6 Å². The second kappa shape index (κ2) is 6.14. The molecule has 0 spiro atoms. The lowest BCUT2D eigenvalue weighted by atomic mass is 10.4. The summed E-state index contributed by atoms with van der Waals surface area (Å²) in [7, 11) is 0. The molecule has 0 aliphatic rings. The van der Waals surface area contributed by atoms with E-state index in [0.717, 1.165) is 43.2 Å². The molecule has 1 rings (SSSR count). The minimum Gasteiger partial charge on any atom is -0.381 e. The normalized spacial score (nSPS) is 10.8. The smallest absolute Gasteiger partial charge is 0.143 e. The summed E-state index contributed by atoms with van der Waals surface area (Å²) < 4.78 is 7.41. The van der Waals surface area contributed by atoms with Crippen LogP contribution in [-0.4, -0.2) is 28.0 Å². The highest BCUT2D eigenvalue weighted by molar-refractivity contribution is 9.08. The summed E-state index contributed by atoms with van der Waals surface area (Å²) in [5, 5.41) is 8.98. The van der Waals surface area contributed by atoms with Crippen molar-refractivity contribution >= 4 is 15.9 Å². The van der Waals surface area contributed by atoms with Gasteiger partial charge in [-0.25, -0.2) is 0 Å². The Labute approximate surface area is 92.8 Å². The van der Waals surface area contributed by atoms with Crippen molar-refractivity contribution in [3.63, 3.8) is 0 Å². The molecular formula is C9H16BrN3O. The molecule has 0 saturated carbocycles. The number of halogens is 1. The highest BCUT2D eigenvalue weighted by Gasteiger charge is 2.08. The van der Waals surface area contributed by atoms with Crippen LogP contribution in [0.3, 0.4) is 0 Å². The van der Waals surface area contributed by atoms with Gasteiger partial charge in [-0.15, -0.1) is 10.2 Å². The zero-order chi connectivity index (χ0) is 10.4. The third-order valence-electron chi connectivity index (χ3n) is 2.01. The molecule has 0 saturated heterocycles. The fourth-order valence-corrected chi connectivity index (χ4v) is 1.74. The van der Waals surface area contributed by atoms with Crippen LogP contribution in [0.15, 0.2) is 0 Å². The molecule has 0 N–H and O–H groups in total. The molecule has 0 fully saturated rings. The quantitative estimate of drug-likeness (QED) is 0.579. The van der Waals surface area contributed by atoms with E-state index in [9.17, 15) is 0 Å². The monoisotopic (exact) mass is 261 g/mol. The van der Waals surface area contributed by atoms with Crippen molar-refractivity contribution in [3.8, 4) is 0 Å². The maximum atomic E-state index is 5.29. The topological polar surface area (TPSA) is 39.9 Å². The number of hydrogen-bond acceptors (Lipinski definition) is 3. The summed E-state index contributed by atoms with van der Waals surface area (Å²) in [5.41, 5.74) is 0. The van der Waals surface area contributed by atoms with Gasteiger partial charge >= 0.3 is 0 Å². The molecule has 0 amide bonds. The van der Waals surface area contributed by atoms with E-state index in [4.69, 9.17) is 4.74 Å². The third-order valence-corrected chi connectivity index (χ3v) is 2.52. The first-order valence-electron chi connectivity index (χ1n) is 4.88. The van der Waals surface area contributed by atoms with Crippen LogP contribution in [0.4, 0.5) is 0 Å². The molecule has 1 heterocycles. The molecular weight excluding hydrogens is 246 g/mol. The third kappa shape index (κ3) is 2.78. The Morgan fingerprint density at radius 3 is 2.57 bits per heavy atom. The van der Waals surface area contributed by atoms with Gasteiger partial charge in [0.25, 0.3) is 0 Å². The van der Waals surface area contributed by atoms with Crippen LogP contribution in [0.25, 0.3) is 0 Å². The number of rotatable bonds is 6. The van der Waals surface area contributed by atoms with E-state index in [1.165, 1.54) is 0 Å². The zero-order valence-corrected chi connectivity index (χ0v) is 10.2. The number of hydrogen-bond donors (Lipinski definition) is 0. The lowest BCUT2D eigenvalue weighted by Crippen LogP contribution is -2.08. The molecule has 1 aromatic rings. The maximum Gasteiger partial charge on any atom is 0.143 e. The Bertz CT molecular complexity index is 275. The van der Waals surface area contributed by atoms with Gasteiger partial charge in [0, 0.05) is 19.6 Å². The van der Waals surface area contributed by atoms with Gasteiger partial charge in [-0.3, -0.25) is 0 Å². The van der Waals surface area contributed by atoms with E-state index in [0.29, 0.717) is 0 Å². The van der Waals surface area contributed by atoms with Crippen LogP contribution >= 0.6 is 15.9 Å². The molecule has 5 heteroatoms. The summed E-state index contributed by atoms with van der Waals surface area (Å²) in [5.74, 6) is 1.99. The Morgan fingerprint density at radius 1 is 1.29 bits per heavy atom. The van der Waals surface area contributed by atoms with Gasteiger partial charge < -0.3 is 9.30 Å². The van der Waals surface area contributed by atoms with Gasteiger partial charge in [0.1, 0.15) is 11.6 Å². The van der Waals surface area contributed by atoms with Crippen LogP contribution in [0, 0.1) is 0 Å². The standard InChI is InChI=1S/C9H16BrN3O/c1-3-13-8(5-6-14-4-2)11-12-9(13)7-10/h3-7H2,1-2H3. The van der Waals surface area contributed by atoms with E-state index in [1.807, 2.05) is 6.92 Å². The van der Waals surface area contributed by atoms with Crippen LogP contribution in [0.1, 0.15) is 25.5 Å². The average molecular weight is 262 g/mol. The maximum absolute atomic E-state index is 5.29. The molecule has 0 aromatic carbocycles. The second-order valence-electron chi connectivity index (χ2n) is 2.86. The van der Waals surface area contributed by atoms with Crippen LogP contribution in [0.5, 0.6) is 0 Å². The van der Waals surface area contributed by atoms with Gasteiger partial charge in [-0.05, 0) is 13.8 Å². The van der Waals surface area contributed by atoms with Crippen LogP contribution in [0.2, 0.25) is 0 Å². The summed E-state index contributed by atoms with van der Waals surface area (Å²) >= 11 is 3.39. The summed E-state index contributed by atoms with van der Waals surface area (Å²) in [6.07, 6.45) is 0.835. The van der Waals surface area contributed by atoms with Crippen LogP contribution < -0.4 is 0 Å². The Hall–Kier alpha value is -0.420. The van der Waals surface area contributed by atoms with Gasteiger partial charge in [-0.2, -0.15) is 0 Å². The molecule has 0 aliphatic heterocycles. The average Bonchev–Trinajstić information content (AvgIpc) is 2.60. The molecule has 0 aliphatic carbocycles. The lowest BCUT2D eigenvalue weighted by Gasteiger charge is -2.05. The predicted molar refractivity (Wildman–Crippen MR) is 58.5 cm³/mol. The summed E-state index contributed by atoms with van der Waals surface area (Å²) in [4.78, 5) is 0. The Balaban J connectivity index is 2.61. The van der Waals surface area contributed by atoms with Gasteiger partial charge in [-0.1, -0.05) is 15.9 Å². The minimum absolute atomic E-state index is 0.719. The lowest BCUT2D eigenvalue weighted by molar-refractivity contribution is 0.149. The van der Waals surface area contributed by atoms with Crippen molar-refractivity contribution < 1.29 is 4.74 Å². The first-order chi connectivity index (χ1) is 6.83. The van der Waals surface area contributed by atoms with Crippen LogP contribution in [-0.2, 0) is 23.0 Å². The molecule has 0 radical (unpaired) electrons. The van der Waals surface area contributed by atoms with E-state index in [-0.39, 0.29) is 0 Å². The SMILES string of the molecule is CCOCCc1nnc(CBr)n1CC. The highest BCUT2D eigenvalue weighted by atomic mass is 79.9. The van der Waals surface area contributed by atoms with E-state index < -0.39 is 0 Å². The predicted octanol–water partition coefficient (Wildman–Crippen LogP) is 1.77. The van der Waals surface area contributed by atoms with Crippen molar-refractivity contribution in [1.29, 1.82) is 0 Å². The minimum atomic E-state index is 0.719.